The number of hydrogen-bond acceptors (Lipinski definition) is 2. The number of nitrogens with one attached hydrogen (secondary N) is 2. The van der Waals surface area contributed by atoms with Gasteiger partial charge in [-0.3, -0.25) is 9.59 Å². The van der Waals surface area contributed by atoms with Crippen LogP contribution in [0.2, 0.25) is 5.02 Å². The van der Waals surface area contributed by atoms with Gasteiger partial charge in [0, 0.05) is 28.4 Å². The zero-order valence-electron chi connectivity index (χ0n) is 15.1. The maximum atomic E-state index is 12.9. The van der Waals surface area contributed by atoms with Crippen molar-refractivity contribution in [3.05, 3.63) is 99.8 Å². The molecule has 0 unspecified atom stereocenters. The van der Waals surface area contributed by atoms with E-state index in [0.717, 1.165) is 11.1 Å². The summed E-state index contributed by atoms with van der Waals surface area (Å²) in [5.41, 5.74) is 3.00. The van der Waals surface area contributed by atoms with Gasteiger partial charge < -0.3 is 10.6 Å². The zero-order chi connectivity index (χ0) is 20.1. The van der Waals surface area contributed by atoms with E-state index in [0.29, 0.717) is 21.8 Å². The lowest BCUT2D eigenvalue weighted by atomic mass is 10.1. The molecule has 0 radical (unpaired) electrons. The third-order valence-electron chi connectivity index (χ3n) is 4.19. The molecule has 2 amide bonds. The molecule has 0 aromatic heterocycles. The molecule has 3 rings (SSSR count). The van der Waals surface area contributed by atoms with Gasteiger partial charge in [-0.05, 0) is 66.6 Å². The molecule has 0 spiro atoms. The molecule has 142 valence electrons. The summed E-state index contributed by atoms with van der Waals surface area (Å²) in [5, 5.41) is 6.17. The Labute approximate surface area is 167 Å². The quantitative estimate of drug-likeness (QED) is 0.639. The van der Waals surface area contributed by atoms with E-state index in [1.54, 1.807) is 48.5 Å². The molecule has 0 aliphatic carbocycles. The third-order valence-corrected chi connectivity index (χ3v) is 4.43. The van der Waals surface area contributed by atoms with Crippen molar-refractivity contribution in [2.45, 2.75) is 13.5 Å². The van der Waals surface area contributed by atoms with Crippen molar-refractivity contribution >= 4 is 29.1 Å². The lowest BCUT2D eigenvalue weighted by Gasteiger charge is -2.10. The standard InChI is InChI=1S/C22H18ClFN2O2/c1-14-11-18(23)7-10-20(14)26-22(28)17-4-2-3-16(12-17)21(27)25-13-15-5-8-19(24)9-6-15/h2-12H,13H2,1H3,(H,25,27)(H,26,28). The lowest BCUT2D eigenvalue weighted by molar-refractivity contribution is 0.0951. The fourth-order valence-corrected chi connectivity index (χ4v) is 2.88. The minimum absolute atomic E-state index is 0.263. The Kier molecular flexibility index (Phi) is 6.06. The van der Waals surface area contributed by atoms with Gasteiger partial charge in [-0.2, -0.15) is 0 Å². The zero-order valence-corrected chi connectivity index (χ0v) is 15.9. The Morgan fingerprint density at radius 3 is 2.29 bits per heavy atom. The molecule has 28 heavy (non-hydrogen) atoms. The van der Waals surface area contributed by atoms with E-state index >= 15 is 0 Å². The first-order valence-corrected chi connectivity index (χ1v) is 9.00. The van der Waals surface area contributed by atoms with Crippen LogP contribution in [0.15, 0.2) is 66.7 Å². The summed E-state index contributed by atoms with van der Waals surface area (Å²) in [7, 11) is 0. The van der Waals surface area contributed by atoms with Crippen LogP contribution in [-0.4, -0.2) is 11.8 Å². The minimum atomic E-state index is -0.329. The number of aryl methyl sites for hydroxylation is 1. The van der Waals surface area contributed by atoms with Crippen LogP contribution >= 0.6 is 11.6 Å². The molecule has 0 saturated carbocycles. The highest BCUT2D eigenvalue weighted by Crippen LogP contribution is 2.20. The average Bonchev–Trinajstić information content (AvgIpc) is 2.69. The van der Waals surface area contributed by atoms with Crippen molar-refractivity contribution in [2.24, 2.45) is 0 Å². The van der Waals surface area contributed by atoms with E-state index in [1.165, 1.54) is 18.2 Å². The van der Waals surface area contributed by atoms with Gasteiger partial charge in [0.15, 0.2) is 0 Å². The third kappa shape index (κ3) is 4.96. The van der Waals surface area contributed by atoms with Crippen LogP contribution in [0.3, 0.4) is 0 Å². The number of rotatable bonds is 5. The largest absolute Gasteiger partial charge is 0.348 e. The highest BCUT2D eigenvalue weighted by atomic mass is 35.5. The topological polar surface area (TPSA) is 58.2 Å². The van der Waals surface area contributed by atoms with Crippen LogP contribution in [0.25, 0.3) is 0 Å². The molecule has 6 heteroatoms. The molecular weight excluding hydrogens is 379 g/mol. The summed E-state index contributed by atoms with van der Waals surface area (Å²) < 4.78 is 12.9. The maximum Gasteiger partial charge on any atom is 0.255 e. The van der Waals surface area contributed by atoms with Crippen LogP contribution in [0.1, 0.15) is 31.8 Å². The van der Waals surface area contributed by atoms with Crippen LogP contribution in [0.4, 0.5) is 10.1 Å². The number of benzene rings is 3. The molecule has 0 fully saturated rings. The van der Waals surface area contributed by atoms with Gasteiger partial charge >= 0.3 is 0 Å². The monoisotopic (exact) mass is 396 g/mol. The SMILES string of the molecule is Cc1cc(Cl)ccc1NC(=O)c1cccc(C(=O)NCc2ccc(F)cc2)c1. The lowest BCUT2D eigenvalue weighted by Crippen LogP contribution is -2.23. The molecule has 3 aromatic rings. The second kappa shape index (κ2) is 8.67. The van der Waals surface area contributed by atoms with Crippen LogP contribution in [0.5, 0.6) is 0 Å². The van der Waals surface area contributed by atoms with E-state index < -0.39 is 0 Å². The van der Waals surface area contributed by atoms with Crippen molar-refractivity contribution in [2.75, 3.05) is 5.32 Å². The first-order chi connectivity index (χ1) is 13.4. The van der Waals surface area contributed by atoms with Gasteiger partial charge in [0.2, 0.25) is 0 Å². The van der Waals surface area contributed by atoms with Crippen LogP contribution < -0.4 is 10.6 Å². The van der Waals surface area contributed by atoms with Crippen molar-refractivity contribution < 1.29 is 14.0 Å². The normalized spacial score (nSPS) is 10.4. The molecule has 4 nitrogen and oxygen atoms in total. The fourth-order valence-electron chi connectivity index (χ4n) is 2.65. The Morgan fingerprint density at radius 2 is 1.61 bits per heavy atom. The number of amides is 2. The second-order valence-corrected chi connectivity index (χ2v) is 6.74. The number of halogens is 2. The summed E-state index contributed by atoms with van der Waals surface area (Å²) in [5.74, 6) is -0.968. The molecule has 2 N–H and O–H groups in total. The maximum absolute atomic E-state index is 12.9. The van der Waals surface area contributed by atoms with Gasteiger partial charge in [0.05, 0.1) is 0 Å². The highest BCUT2D eigenvalue weighted by molar-refractivity contribution is 6.30. The van der Waals surface area contributed by atoms with Crippen molar-refractivity contribution in [1.29, 1.82) is 0 Å². The predicted octanol–water partition coefficient (Wildman–Crippen LogP) is 4.97. The van der Waals surface area contributed by atoms with Gasteiger partial charge in [-0.25, -0.2) is 4.39 Å². The van der Waals surface area contributed by atoms with E-state index in [9.17, 15) is 14.0 Å². The van der Waals surface area contributed by atoms with Crippen LogP contribution in [-0.2, 0) is 6.54 Å². The second-order valence-electron chi connectivity index (χ2n) is 6.30. The van der Waals surface area contributed by atoms with E-state index in [2.05, 4.69) is 10.6 Å². The average molecular weight is 397 g/mol. The van der Waals surface area contributed by atoms with Crippen molar-refractivity contribution in [3.63, 3.8) is 0 Å². The smallest absolute Gasteiger partial charge is 0.255 e. The Morgan fingerprint density at radius 1 is 0.929 bits per heavy atom. The van der Waals surface area contributed by atoms with E-state index in [4.69, 9.17) is 11.6 Å². The van der Waals surface area contributed by atoms with E-state index in [1.807, 2.05) is 6.92 Å². The molecule has 3 aromatic carbocycles. The number of carbonyl (C=O) groups is 2. The Hall–Kier alpha value is -3.18. The summed E-state index contributed by atoms with van der Waals surface area (Å²) in [6.07, 6.45) is 0. The molecule has 0 heterocycles. The first kappa shape index (κ1) is 19.6. The van der Waals surface area contributed by atoms with Crippen LogP contribution in [0, 0.1) is 12.7 Å². The number of hydrogen-bond donors (Lipinski definition) is 2. The van der Waals surface area contributed by atoms with Gasteiger partial charge in [-0.1, -0.05) is 29.8 Å². The fraction of sp³-hybridized carbons (Fsp3) is 0.0909. The highest BCUT2D eigenvalue weighted by Gasteiger charge is 2.12. The minimum Gasteiger partial charge on any atom is -0.348 e. The molecule has 0 atom stereocenters. The van der Waals surface area contributed by atoms with Gasteiger partial charge in [-0.15, -0.1) is 0 Å². The number of anilines is 1. The predicted molar refractivity (Wildman–Crippen MR) is 108 cm³/mol. The molecule has 0 bridgehead atoms. The van der Waals surface area contributed by atoms with Crippen molar-refractivity contribution in [1.82, 2.24) is 5.32 Å². The summed E-state index contributed by atoms with van der Waals surface area (Å²) in [4.78, 5) is 24.9. The van der Waals surface area contributed by atoms with Gasteiger partial charge in [0.1, 0.15) is 5.82 Å². The Bertz CT molecular complexity index is 1020. The summed E-state index contributed by atoms with van der Waals surface area (Å²) in [6.45, 7) is 2.11. The van der Waals surface area contributed by atoms with E-state index in [-0.39, 0.29) is 24.2 Å². The molecule has 0 aliphatic rings. The molecular formula is C22H18ClFN2O2. The molecule has 0 saturated heterocycles. The van der Waals surface area contributed by atoms with Gasteiger partial charge in [0.25, 0.3) is 11.8 Å². The summed E-state index contributed by atoms with van der Waals surface area (Å²) >= 11 is 5.93. The molecule has 0 aliphatic heterocycles. The summed E-state index contributed by atoms with van der Waals surface area (Å²) in [6, 6.07) is 17.5. The first-order valence-electron chi connectivity index (χ1n) is 8.62. The Balaban J connectivity index is 1.67. The van der Waals surface area contributed by atoms with Crippen molar-refractivity contribution in [3.8, 4) is 0 Å². The number of carbonyl (C=O) groups excluding carboxylic acids is 2.